The summed E-state index contributed by atoms with van der Waals surface area (Å²) >= 11 is 5.79. The SMILES string of the molecule is O=C(Cc1ccc(Cl)cc1)NC1(C(=O)O)CCCCC1. The summed E-state index contributed by atoms with van der Waals surface area (Å²) in [6.07, 6.45) is 3.90. The van der Waals surface area contributed by atoms with Crippen molar-refractivity contribution in [3.8, 4) is 0 Å². The maximum Gasteiger partial charge on any atom is 0.329 e. The fraction of sp³-hybridized carbons (Fsp3) is 0.467. The van der Waals surface area contributed by atoms with Crippen LogP contribution in [0.4, 0.5) is 0 Å². The molecule has 0 atom stereocenters. The second kappa shape index (κ2) is 6.27. The average Bonchev–Trinajstić information content (AvgIpc) is 2.42. The lowest BCUT2D eigenvalue weighted by atomic mass is 9.81. The van der Waals surface area contributed by atoms with Crippen LogP contribution in [-0.2, 0) is 16.0 Å². The minimum atomic E-state index is -1.08. The lowest BCUT2D eigenvalue weighted by Gasteiger charge is -2.34. The molecule has 0 aliphatic heterocycles. The number of rotatable bonds is 4. The van der Waals surface area contributed by atoms with Crippen molar-refractivity contribution in [3.63, 3.8) is 0 Å². The highest BCUT2D eigenvalue weighted by molar-refractivity contribution is 6.30. The third-order valence-corrected chi connectivity index (χ3v) is 4.03. The Bertz CT molecular complexity index is 492. The second-order valence-corrected chi connectivity index (χ2v) is 5.74. The molecule has 2 rings (SSSR count). The van der Waals surface area contributed by atoms with Crippen LogP contribution >= 0.6 is 11.6 Å². The zero-order valence-corrected chi connectivity index (χ0v) is 11.9. The first-order chi connectivity index (χ1) is 9.52. The van der Waals surface area contributed by atoms with Gasteiger partial charge in [0.15, 0.2) is 0 Å². The van der Waals surface area contributed by atoms with Gasteiger partial charge in [-0.3, -0.25) is 4.79 Å². The summed E-state index contributed by atoms with van der Waals surface area (Å²) in [7, 11) is 0. The third kappa shape index (κ3) is 3.51. The first-order valence-corrected chi connectivity index (χ1v) is 7.18. The van der Waals surface area contributed by atoms with Crippen LogP contribution in [0.5, 0.6) is 0 Å². The molecule has 0 spiro atoms. The number of carboxylic acid groups (broad SMARTS) is 1. The first-order valence-electron chi connectivity index (χ1n) is 6.81. The summed E-state index contributed by atoms with van der Waals surface area (Å²) in [6, 6.07) is 6.99. The predicted octanol–water partition coefficient (Wildman–Crippen LogP) is 2.79. The van der Waals surface area contributed by atoms with E-state index in [0.29, 0.717) is 17.9 Å². The fourth-order valence-electron chi connectivity index (χ4n) is 2.65. The Morgan fingerprint density at radius 2 is 1.75 bits per heavy atom. The molecule has 1 aromatic carbocycles. The van der Waals surface area contributed by atoms with E-state index in [4.69, 9.17) is 11.6 Å². The molecule has 1 aromatic rings. The normalized spacial score (nSPS) is 17.4. The Morgan fingerprint density at radius 1 is 1.15 bits per heavy atom. The Hall–Kier alpha value is -1.55. The zero-order valence-electron chi connectivity index (χ0n) is 11.2. The van der Waals surface area contributed by atoms with E-state index in [1.54, 1.807) is 24.3 Å². The van der Waals surface area contributed by atoms with Crippen molar-refractivity contribution in [2.24, 2.45) is 0 Å². The van der Waals surface area contributed by atoms with Crippen LogP contribution in [0.25, 0.3) is 0 Å². The number of nitrogens with one attached hydrogen (secondary N) is 1. The number of amides is 1. The lowest BCUT2D eigenvalue weighted by molar-refractivity contribution is -0.149. The maximum atomic E-state index is 12.1. The number of carboxylic acids is 1. The van der Waals surface area contributed by atoms with E-state index in [-0.39, 0.29) is 12.3 Å². The van der Waals surface area contributed by atoms with Gasteiger partial charge >= 0.3 is 5.97 Å². The summed E-state index contributed by atoms with van der Waals surface area (Å²) in [6.45, 7) is 0. The van der Waals surface area contributed by atoms with Gasteiger partial charge in [0.25, 0.3) is 0 Å². The fourth-order valence-corrected chi connectivity index (χ4v) is 2.77. The van der Waals surface area contributed by atoms with Gasteiger partial charge in [0.2, 0.25) is 5.91 Å². The first kappa shape index (κ1) is 14.9. The third-order valence-electron chi connectivity index (χ3n) is 3.77. The lowest BCUT2D eigenvalue weighted by Crippen LogP contribution is -2.55. The number of aliphatic carboxylic acids is 1. The highest BCUT2D eigenvalue weighted by atomic mass is 35.5. The van der Waals surface area contributed by atoms with E-state index in [1.807, 2.05) is 0 Å². The van der Waals surface area contributed by atoms with Crippen LogP contribution in [-0.4, -0.2) is 22.5 Å². The van der Waals surface area contributed by atoms with Gasteiger partial charge in [-0.15, -0.1) is 0 Å². The number of halogens is 1. The molecule has 1 amide bonds. The zero-order chi connectivity index (χ0) is 14.6. The van der Waals surface area contributed by atoms with Crippen LogP contribution in [0.2, 0.25) is 5.02 Å². The monoisotopic (exact) mass is 295 g/mol. The van der Waals surface area contributed by atoms with Crippen LogP contribution in [0, 0.1) is 0 Å². The van der Waals surface area contributed by atoms with E-state index in [0.717, 1.165) is 24.8 Å². The molecule has 0 bridgehead atoms. The topological polar surface area (TPSA) is 66.4 Å². The summed E-state index contributed by atoms with van der Waals surface area (Å²) in [5.41, 5.74) is -0.259. The number of hydrogen-bond donors (Lipinski definition) is 2. The maximum absolute atomic E-state index is 12.1. The van der Waals surface area contributed by atoms with E-state index >= 15 is 0 Å². The second-order valence-electron chi connectivity index (χ2n) is 5.30. The molecule has 1 fully saturated rings. The summed E-state index contributed by atoms with van der Waals surface area (Å²) in [4.78, 5) is 23.5. The van der Waals surface area contributed by atoms with Crippen molar-refractivity contribution < 1.29 is 14.7 Å². The van der Waals surface area contributed by atoms with Gasteiger partial charge in [0, 0.05) is 5.02 Å². The largest absolute Gasteiger partial charge is 0.480 e. The molecule has 0 unspecified atom stereocenters. The predicted molar refractivity (Wildman–Crippen MR) is 76.8 cm³/mol. The number of hydrogen-bond acceptors (Lipinski definition) is 2. The standard InChI is InChI=1S/C15H18ClNO3/c16-12-6-4-11(5-7-12)10-13(18)17-15(14(19)20)8-2-1-3-9-15/h4-7H,1-3,8-10H2,(H,17,18)(H,19,20). The molecule has 0 aromatic heterocycles. The minimum absolute atomic E-state index is 0.173. The van der Waals surface area contributed by atoms with Crippen molar-refractivity contribution in [1.82, 2.24) is 5.32 Å². The van der Waals surface area contributed by atoms with E-state index in [9.17, 15) is 14.7 Å². The van der Waals surface area contributed by atoms with Crippen molar-refractivity contribution >= 4 is 23.5 Å². The van der Waals surface area contributed by atoms with Crippen molar-refractivity contribution in [1.29, 1.82) is 0 Å². The minimum Gasteiger partial charge on any atom is -0.480 e. The molecular weight excluding hydrogens is 278 g/mol. The molecule has 4 nitrogen and oxygen atoms in total. The summed E-state index contributed by atoms with van der Waals surface area (Å²) in [5, 5.41) is 12.7. The average molecular weight is 296 g/mol. The quantitative estimate of drug-likeness (QED) is 0.897. The molecule has 5 heteroatoms. The van der Waals surface area contributed by atoms with Crippen LogP contribution in [0.3, 0.4) is 0 Å². The van der Waals surface area contributed by atoms with Crippen LogP contribution in [0.15, 0.2) is 24.3 Å². The molecular formula is C15H18ClNO3. The molecule has 0 radical (unpaired) electrons. The molecule has 2 N–H and O–H groups in total. The van der Waals surface area contributed by atoms with Gasteiger partial charge in [-0.25, -0.2) is 4.79 Å². The Balaban J connectivity index is 2.01. The van der Waals surface area contributed by atoms with Gasteiger partial charge in [-0.05, 0) is 30.5 Å². The number of carbonyl (C=O) groups excluding carboxylic acids is 1. The van der Waals surface area contributed by atoms with Crippen molar-refractivity contribution in [2.75, 3.05) is 0 Å². The molecule has 108 valence electrons. The van der Waals surface area contributed by atoms with E-state index < -0.39 is 11.5 Å². The molecule has 0 heterocycles. The smallest absolute Gasteiger partial charge is 0.329 e. The number of benzene rings is 1. The van der Waals surface area contributed by atoms with Gasteiger partial charge in [0.05, 0.1) is 6.42 Å². The molecule has 1 aliphatic rings. The van der Waals surface area contributed by atoms with E-state index in [2.05, 4.69) is 5.32 Å². The van der Waals surface area contributed by atoms with Gasteiger partial charge in [-0.2, -0.15) is 0 Å². The highest BCUT2D eigenvalue weighted by Crippen LogP contribution is 2.28. The summed E-state index contributed by atoms with van der Waals surface area (Å²) in [5.74, 6) is -1.18. The van der Waals surface area contributed by atoms with Gasteiger partial charge < -0.3 is 10.4 Å². The highest BCUT2D eigenvalue weighted by Gasteiger charge is 2.40. The molecule has 0 saturated heterocycles. The van der Waals surface area contributed by atoms with Gasteiger partial charge in [0.1, 0.15) is 5.54 Å². The number of carbonyl (C=O) groups is 2. The van der Waals surface area contributed by atoms with Gasteiger partial charge in [-0.1, -0.05) is 43.0 Å². The Kier molecular flexibility index (Phi) is 4.65. The molecule has 1 aliphatic carbocycles. The summed E-state index contributed by atoms with van der Waals surface area (Å²) < 4.78 is 0. The van der Waals surface area contributed by atoms with Crippen LogP contribution in [0.1, 0.15) is 37.7 Å². The van der Waals surface area contributed by atoms with Crippen molar-refractivity contribution in [3.05, 3.63) is 34.9 Å². The molecule has 1 saturated carbocycles. The van der Waals surface area contributed by atoms with E-state index in [1.165, 1.54) is 0 Å². The van der Waals surface area contributed by atoms with Crippen LogP contribution < -0.4 is 5.32 Å². The Labute approximate surface area is 123 Å². The van der Waals surface area contributed by atoms with Crippen molar-refractivity contribution in [2.45, 2.75) is 44.1 Å². The molecule has 20 heavy (non-hydrogen) atoms. The Morgan fingerprint density at radius 3 is 2.30 bits per heavy atom.